The lowest BCUT2D eigenvalue weighted by Gasteiger charge is -2.53. The van der Waals surface area contributed by atoms with Crippen molar-refractivity contribution < 1.29 is 53.9 Å². The summed E-state index contributed by atoms with van der Waals surface area (Å²) in [6, 6.07) is 0. The zero-order valence-corrected chi connectivity index (χ0v) is 31.6. The molecule has 2 saturated heterocycles. The molecule has 0 radical (unpaired) electrons. The molecule has 13 heteroatoms. The molecule has 2 aliphatic rings. The van der Waals surface area contributed by atoms with Crippen LogP contribution in [0.15, 0.2) is 0 Å². The molecule has 0 saturated carbocycles. The number of likely N-dealkylation sites (tertiary alicyclic amines) is 2. The number of hydrogen-bond donors (Lipinski definition) is 4. The van der Waals surface area contributed by atoms with Gasteiger partial charge < -0.3 is 29.9 Å². The van der Waals surface area contributed by atoms with Crippen LogP contribution in [0.4, 0.5) is 0 Å². The van der Waals surface area contributed by atoms with E-state index >= 15 is 0 Å². The van der Waals surface area contributed by atoms with Gasteiger partial charge in [-0.1, -0.05) is 25.7 Å². The quantitative estimate of drug-likeness (QED) is 0.121. The van der Waals surface area contributed by atoms with Crippen LogP contribution in [-0.4, -0.2) is 114 Å². The van der Waals surface area contributed by atoms with E-state index in [9.17, 15) is 24.0 Å². The molecule has 0 aromatic rings. The molecule has 0 aromatic heterocycles. The number of esters is 2. The van der Waals surface area contributed by atoms with E-state index < -0.39 is 36.4 Å². The number of hydrogen-bond acceptors (Lipinski definition) is 10. The first-order valence-electron chi connectivity index (χ1n) is 17.5. The maximum Gasteiger partial charge on any atom is 0.336 e. The van der Waals surface area contributed by atoms with E-state index in [-0.39, 0.29) is 46.3 Å². The second kappa shape index (κ2) is 17.9. The molecule has 2 heterocycles. The highest BCUT2D eigenvalue weighted by Gasteiger charge is 2.45. The van der Waals surface area contributed by atoms with E-state index in [4.69, 9.17) is 29.9 Å². The molecule has 284 valence electrons. The summed E-state index contributed by atoms with van der Waals surface area (Å²) in [5, 5.41) is 33.8. The van der Waals surface area contributed by atoms with Crippen molar-refractivity contribution in [3.63, 3.8) is 0 Å². The van der Waals surface area contributed by atoms with Crippen LogP contribution < -0.4 is 0 Å². The molecule has 0 spiro atoms. The molecule has 49 heavy (non-hydrogen) atoms. The van der Waals surface area contributed by atoms with Gasteiger partial charge in [-0.15, -0.1) is 0 Å². The minimum absolute atomic E-state index is 0.00474. The molecule has 0 unspecified atom stereocenters. The number of aliphatic hydroxyl groups is 1. The van der Waals surface area contributed by atoms with Crippen LogP contribution in [0.5, 0.6) is 0 Å². The fourth-order valence-electron chi connectivity index (χ4n) is 7.18. The van der Waals surface area contributed by atoms with Gasteiger partial charge in [0, 0.05) is 60.7 Å². The topological polar surface area (TPSA) is 191 Å². The summed E-state index contributed by atoms with van der Waals surface area (Å²) in [5.41, 5.74) is -2.63. The Labute approximate surface area is 292 Å². The highest BCUT2D eigenvalue weighted by atomic mass is 16.5. The van der Waals surface area contributed by atoms with Gasteiger partial charge in [-0.2, -0.15) is 0 Å². The zero-order valence-electron chi connectivity index (χ0n) is 31.6. The van der Waals surface area contributed by atoms with Gasteiger partial charge in [0.05, 0.1) is 12.8 Å². The largest absolute Gasteiger partial charge is 0.481 e. The Morgan fingerprint density at radius 1 is 0.571 bits per heavy atom. The average Bonchev–Trinajstić information content (AvgIpc) is 2.90. The number of aliphatic carboxylic acids is 3. The molecular formula is C36H64N2O11. The van der Waals surface area contributed by atoms with Crippen LogP contribution in [0.3, 0.4) is 0 Å². The number of ether oxygens (including phenoxy) is 2. The third kappa shape index (κ3) is 14.5. The highest BCUT2D eigenvalue weighted by molar-refractivity contribution is 5.88. The lowest BCUT2D eigenvalue weighted by atomic mass is 9.78. The summed E-state index contributed by atoms with van der Waals surface area (Å²) in [7, 11) is 4.33. The Kier molecular flexibility index (Phi) is 16.2. The standard InChI is InChI=1S/C30H56N2O4.C6H8O7/c1-27(2)19-23(20-28(3,4)31(27)9)35-25(33)17-15-13-11-12-14-16-18-26(34)36-24-21-29(5,6)32(10)30(7,8)22-24;7-3(8)1-6(13,5(11)12)2-4(9)10/h23-24H,11-22H2,1-10H3;13H,1-2H2,(H,7,8)(H,9,10)(H,11,12). The second-order valence-electron chi connectivity index (χ2n) is 16.5. The van der Waals surface area contributed by atoms with Crippen LogP contribution in [0.25, 0.3) is 0 Å². The monoisotopic (exact) mass is 700 g/mol. The maximum atomic E-state index is 12.4. The average molecular weight is 701 g/mol. The lowest BCUT2D eigenvalue weighted by Crippen LogP contribution is -2.60. The van der Waals surface area contributed by atoms with Gasteiger partial charge in [0.2, 0.25) is 0 Å². The van der Waals surface area contributed by atoms with E-state index in [1.807, 2.05) is 0 Å². The first kappa shape index (κ1) is 44.3. The Bertz CT molecular complexity index is 1030. The van der Waals surface area contributed by atoms with Crippen LogP contribution in [0, 0.1) is 0 Å². The van der Waals surface area contributed by atoms with Gasteiger partial charge in [0.15, 0.2) is 5.60 Å². The zero-order chi connectivity index (χ0) is 38.0. The molecule has 0 aromatic carbocycles. The van der Waals surface area contributed by atoms with Gasteiger partial charge in [0.1, 0.15) is 12.2 Å². The van der Waals surface area contributed by atoms with Gasteiger partial charge in [-0.05, 0) is 82.3 Å². The molecule has 0 atom stereocenters. The minimum atomic E-state index is -2.74. The molecule has 0 bridgehead atoms. The lowest BCUT2D eigenvalue weighted by molar-refractivity contribution is -0.170. The normalized spacial score (nSPS) is 20.8. The number of carbonyl (C=O) groups excluding carboxylic acids is 2. The molecule has 2 fully saturated rings. The molecule has 4 N–H and O–H groups in total. The Morgan fingerprint density at radius 2 is 0.837 bits per heavy atom. The van der Waals surface area contributed by atoms with Crippen molar-refractivity contribution in [2.45, 2.75) is 185 Å². The van der Waals surface area contributed by atoms with Crippen LogP contribution in [0.2, 0.25) is 0 Å². The SMILES string of the molecule is CN1C(C)(C)CC(OC(=O)CCCCCCCCC(=O)OC2CC(C)(C)N(C)C(C)(C)C2)CC1(C)C.O=C(O)CC(O)(CC(=O)O)C(=O)O. The summed E-state index contributed by atoms with van der Waals surface area (Å²) in [5.74, 6) is -5.13. The third-order valence-corrected chi connectivity index (χ3v) is 10.4. The first-order valence-corrected chi connectivity index (χ1v) is 17.5. The predicted molar refractivity (Wildman–Crippen MR) is 184 cm³/mol. The molecule has 0 aliphatic carbocycles. The number of piperidine rings is 2. The van der Waals surface area contributed by atoms with Crippen molar-refractivity contribution in [3.05, 3.63) is 0 Å². The van der Waals surface area contributed by atoms with E-state index in [1.54, 1.807) is 0 Å². The number of carbonyl (C=O) groups is 5. The summed E-state index contributed by atoms with van der Waals surface area (Å²) < 4.78 is 11.7. The van der Waals surface area contributed by atoms with Crippen LogP contribution in [0.1, 0.15) is 145 Å². The number of carboxylic acid groups (broad SMARTS) is 3. The number of carboxylic acids is 3. The summed E-state index contributed by atoms with van der Waals surface area (Å²) in [6.45, 7) is 17.8. The highest BCUT2D eigenvalue weighted by Crippen LogP contribution is 2.39. The summed E-state index contributed by atoms with van der Waals surface area (Å²) in [6.07, 6.45) is 8.26. The molecule has 2 aliphatic heterocycles. The number of nitrogens with zero attached hydrogens (tertiary/aromatic N) is 2. The van der Waals surface area contributed by atoms with E-state index in [0.717, 1.165) is 64.2 Å². The van der Waals surface area contributed by atoms with E-state index in [2.05, 4.69) is 79.3 Å². The van der Waals surface area contributed by atoms with Gasteiger partial charge >= 0.3 is 29.8 Å². The van der Waals surface area contributed by atoms with Gasteiger partial charge in [-0.3, -0.25) is 29.0 Å². The van der Waals surface area contributed by atoms with Crippen molar-refractivity contribution in [2.75, 3.05) is 14.1 Å². The maximum absolute atomic E-state index is 12.4. The first-order chi connectivity index (χ1) is 22.2. The van der Waals surface area contributed by atoms with Gasteiger partial charge in [-0.25, -0.2) is 4.79 Å². The van der Waals surface area contributed by atoms with E-state index in [0.29, 0.717) is 12.8 Å². The fourth-order valence-corrected chi connectivity index (χ4v) is 7.18. The number of rotatable bonds is 16. The Morgan fingerprint density at radius 3 is 1.08 bits per heavy atom. The predicted octanol–water partition coefficient (Wildman–Crippen LogP) is 5.25. The van der Waals surface area contributed by atoms with E-state index in [1.165, 1.54) is 0 Å². The molecule has 13 nitrogen and oxygen atoms in total. The van der Waals surface area contributed by atoms with Crippen molar-refractivity contribution in [1.29, 1.82) is 0 Å². The van der Waals surface area contributed by atoms with Crippen molar-refractivity contribution in [3.8, 4) is 0 Å². The van der Waals surface area contributed by atoms with Crippen LogP contribution in [-0.2, 0) is 33.4 Å². The molecule has 2 rings (SSSR count). The third-order valence-electron chi connectivity index (χ3n) is 10.4. The fraction of sp³-hybridized carbons (Fsp3) is 0.861. The van der Waals surface area contributed by atoms with Crippen molar-refractivity contribution >= 4 is 29.8 Å². The Hall–Kier alpha value is -2.77. The van der Waals surface area contributed by atoms with Gasteiger partial charge in [0.25, 0.3) is 0 Å². The smallest absolute Gasteiger partial charge is 0.336 e. The summed E-state index contributed by atoms with van der Waals surface area (Å²) in [4.78, 5) is 60.1. The van der Waals surface area contributed by atoms with Crippen LogP contribution >= 0.6 is 0 Å². The minimum Gasteiger partial charge on any atom is -0.481 e. The Balaban J connectivity index is 0.000000779. The molecular weight excluding hydrogens is 636 g/mol. The second-order valence-corrected chi connectivity index (χ2v) is 16.5. The summed E-state index contributed by atoms with van der Waals surface area (Å²) >= 11 is 0. The number of unbranched alkanes of at least 4 members (excludes halogenated alkanes) is 5. The molecule has 0 amide bonds. The van der Waals surface area contributed by atoms with Crippen molar-refractivity contribution in [2.24, 2.45) is 0 Å². The van der Waals surface area contributed by atoms with Crippen molar-refractivity contribution in [1.82, 2.24) is 9.80 Å².